The van der Waals surface area contributed by atoms with Crippen molar-refractivity contribution in [3.05, 3.63) is 48.3 Å². The lowest BCUT2D eigenvalue weighted by Crippen LogP contribution is -2.00. The van der Waals surface area contributed by atoms with Gasteiger partial charge in [-0.1, -0.05) is 42.1 Å². The third kappa shape index (κ3) is 2.66. The van der Waals surface area contributed by atoms with Crippen LogP contribution >= 0.6 is 11.8 Å². The molecule has 0 N–H and O–H groups in total. The van der Waals surface area contributed by atoms with Gasteiger partial charge in [-0.05, 0) is 19.1 Å². The van der Waals surface area contributed by atoms with Crippen molar-refractivity contribution >= 4 is 11.8 Å². The van der Waals surface area contributed by atoms with E-state index in [1.165, 1.54) is 12.8 Å². The minimum absolute atomic E-state index is 0.490. The van der Waals surface area contributed by atoms with E-state index in [1.54, 1.807) is 11.8 Å². The molecule has 0 bridgehead atoms. The average molecular weight is 312 g/mol. The zero-order chi connectivity index (χ0) is 14.9. The Kier molecular flexibility index (Phi) is 3.46. The van der Waals surface area contributed by atoms with Crippen molar-refractivity contribution < 1.29 is 4.42 Å². The molecule has 5 nitrogen and oxygen atoms in total. The largest absolute Gasteiger partial charge is 0.423 e. The Morgan fingerprint density at radius 2 is 2.05 bits per heavy atom. The lowest BCUT2D eigenvalue weighted by molar-refractivity contribution is 0.433. The maximum absolute atomic E-state index is 5.75. The Balaban J connectivity index is 1.61. The summed E-state index contributed by atoms with van der Waals surface area (Å²) in [6.07, 6.45) is 6.40. The topological polar surface area (TPSA) is 56.7 Å². The highest BCUT2D eigenvalue weighted by atomic mass is 32.2. The van der Waals surface area contributed by atoms with Crippen LogP contribution in [0.4, 0.5) is 0 Å². The molecule has 1 aliphatic carbocycles. The summed E-state index contributed by atoms with van der Waals surface area (Å²) in [6, 6.07) is 10.2. The number of rotatable bonds is 5. The van der Waals surface area contributed by atoms with Crippen molar-refractivity contribution in [2.24, 2.45) is 0 Å². The number of thioether (sulfide) groups is 1. The Bertz CT molecular complexity index is 777. The Morgan fingerprint density at radius 1 is 1.23 bits per heavy atom. The summed E-state index contributed by atoms with van der Waals surface area (Å²) in [5, 5.41) is 9.24. The van der Waals surface area contributed by atoms with Crippen LogP contribution in [0.15, 0.2) is 46.1 Å². The molecule has 1 fully saturated rings. The summed E-state index contributed by atoms with van der Waals surface area (Å²) in [5.41, 5.74) is 2.08. The molecule has 112 valence electrons. The zero-order valence-electron chi connectivity index (χ0n) is 12.3. The van der Waals surface area contributed by atoms with Crippen LogP contribution in [0, 0.1) is 0 Å². The van der Waals surface area contributed by atoms with Crippen LogP contribution in [-0.2, 0) is 6.54 Å². The second-order valence-electron chi connectivity index (χ2n) is 5.42. The Morgan fingerprint density at radius 3 is 2.77 bits per heavy atom. The second kappa shape index (κ2) is 5.61. The van der Waals surface area contributed by atoms with Crippen molar-refractivity contribution in [2.75, 3.05) is 6.26 Å². The van der Waals surface area contributed by atoms with E-state index in [9.17, 15) is 0 Å². The minimum atomic E-state index is 0.490. The minimum Gasteiger partial charge on any atom is -0.423 e. The standard InChI is InChI=1S/C16H16N4OS/c1-22-16-17-13(11-5-3-2-4-6-11)9-20(16)10-14-18-19-15(21-14)12-7-8-12/h2-6,9,12H,7-8,10H2,1H3. The highest BCUT2D eigenvalue weighted by Gasteiger charge is 2.29. The smallest absolute Gasteiger partial charge is 0.236 e. The molecule has 1 aliphatic rings. The molecular weight excluding hydrogens is 296 g/mol. The van der Waals surface area contributed by atoms with E-state index in [1.807, 2.05) is 30.7 Å². The van der Waals surface area contributed by atoms with Gasteiger partial charge in [0.1, 0.15) is 6.54 Å². The fourth-order valence-corrected chi connectivity index (χ4v) is 2.94. The van der Waals surface area contributed by atoms with Crippen molar-refractivity contribution in [1.29, 1.82) is 0 Å². The van der Waals surface area contributed by atoms with E-state index in [4.69, 9.17) is 4.42 Å². The van der Waals surface area contributed by atoms with E-state index in [2.05, 4.69) is 31.9 Å². The van der Waals surface area contributed by atoms with Gasteiger partial charge in [-0.3, -0.25) is 0 Å². The highest BCUT2D eigenvalue weighted by molar-refractivity contribution is 7.98. The molecule has 0 amide bonds. The number of benzene rings is 1. The summed E-state index contributed by atoms with van der Waals surface area (Å²) < 4.78 is 7.81. The van der Waals surface area contributed by atoms with Crippen molar-refractivity contribution in [3.8, 4) is 11.3 Å². The van der Waals surface area contributed by atoms with Crippen LogP contribution in [-0.4, -0.2) is 26.0 Å². The van der Waals surface area contributed by atoms with E-state index in [0.717, 1.165) is 22.3 Å². The summed E-state index contributed by atoms with van der Waals surface area (Å²) in [5.74, 6) is 1.92. The highest BCUT2D eigenvalue weighted by Crippen LogP contribution is 2.39. The van der Waals surface area contributed by atoms with Crippen molar-refractivity contribution in [1.82, 2.24) is 19.7 Å². The van der Waals surface area contributed by atoms with Gasteiger partial charge < -0.3 is 8.98 Å². The number of aromatic nitrogens is 4. The molecule has 22 heavy (non-hydrogen) atoms. The fourth-order valence-electron chi connectivity index (χ4n) is 2.39. The third-order valence-corrected chi connectivity index (χ3v) is 4.40. The predicted molar refractivity (Wildman–Crippen MR) is 84.8 cm³/mol. The number of hydrogen-bond donors (Lipinski definition) is 0. The van der Waals surface area contributed by atoms with Crippen LogP contribution in [0.1, 0.15) is 30.5 Å². The first-order chi connectivity index (χ1) is 10.8. The maximum atomic E-state index is 5.75. The van der Waals surface area contributed by atoms with Crippen LogP contribution in [0.2, 0.25) is 0 Å². The fraction of sp³-hybridized carbons (Fsp3) is 0.312. The monoisotopic (exact) mass is 312 g/mol. The van der Waals surface area contributed by atoms with Crippen LogP contribution < -0.4 is 0 Å². The maximum Gasteiger partial charge on any atom is 0.236 e. The summed E-state index contributed by atoms with van der Waals surface area (Å²) in [4.78, 5) is 4.69. The number of hydrogen-bond acceptors (Lipinski definition) is 5. The first kappa shape index (κ1) is 13.6. The molecule has 2 aromatic heterocycles. The van der Waals surface area contributed by atoms with Gasteiger partial charge >= 0.3 is 0 Å². The quantitative estimate of drug-likeness (QED) is 0.674. The number of imidazole rings is 1. The summed E-state index contributed by atoms with van der Waals surface area (Å²) >= 11 is 1.62. The predicted octanol–water partition coefficient (Wildman–Crippen LogP) is 3.58. The molecule has 0 saturated heterocycles. The molecule has 3 aromatic rings. The van der Waals surface area contributed by atoms with Gasteiger partial charge in [0.2, 0.25) is 11.8 Å². The molecule has 4 rings (SSSR count). The Hall–Kier alpha value is -2.08. The second-order valence-corrected chi connectivity index (χ2v) is 6.19. The molecule has 0 unspecified atom stereocenters. The molecule has 0 radical (unpaired) electrons. The molecular formula is C16H16N4OS. The van der Waals surface area contributed by atoms with E-state index in [-0.39, 0.29) is 0 Å². The SMILES string of the molecule is CSc1nc(-c2ccccc2)cn1Cc1nnc(C2CC2)o1. The van der Waals surface area contributed by atoms with Gasteiger partial charge in [0.25, 0.3) is 0 Å². The lowest BCUT2D eigenvalue weighted by Gasteiger charge is -2.00. The molecule has 6 heteroatoms. The first-order valence-electron chi connectivity index (χ1n) is 7.32. The van der Waals surface area contributed by atoms with Gasteiger partial charge in [0.15, 0.2) is 5.16 Å². The zero-order valence-corrected chi connectivity index (χ0v) is 13.1. The normalized spacial score (nSPS) is 14.4. The molecule has 0 aliphatic heterocycles. The van der Waals surface area contributed by atoms with Crippen LogP contribution in [0.5, 0.6) is 0 Å². The summed E-state index contributed by atoms with van der Waals surface area (Å²) in [6.45, 7) is 0.565. The van der Waals surface area contributed by atoms with Crippen molar-refractivity contribution in [3.63, 3.8) is 0 Å². The first-order valence-corrected chi connectivity index (χ1v) is 8.55. The van der Waals surface area contributed by atoms with E-state index < -0.39 is 0 Å². The van der Waals surface area contributed by atoms with E-state index >= 15 is 0 Å². The van der Waals surface area contributed by atoms with Crippen LogP contribution in [0.25, 0.3) is 11.3 Å². The molecule has 1 aromatic carbocycles. The molecule has 1 saturated carbocycles. The van der Waals surface area contributed by atoms with Crippen LogP contribution in [0.3, 0.4) is 0 Å². The van der Waals surface area contributed by atoms with Gasteiger partial charge in [-0.2, -0.15) is 0 Å². The summed E-state index contributed by atoms with van der Waals surface area (Å²) in [7, 11) is 0. The van der Waals surface area contributed by atoms with Gasteiger partial charge in [-0.15, -0.1) is 10.2 Å². The van der Waals surface area contributed by atoms with E-state index in [0.29, 0.717) is 18.4 Å². The van der Waals surface area contributed by atoms with Crippen molar-refractivity contribution in [2.45, 2.75) is 30.5 Å². The number of nitrogens with zero attached hydrogens (tertiary/aromatic N) is 4. The van der Waals surface area contributed by atoms with Gasteiger partial charge in [0.05, 0.1) is 5.69 Å². The average Bonchev–Trinajstić information content (AvgIpc) is 3.17. The third-order valence-electron chi connectivity index (χ3n) is 3.71. The molecule has 0 atom stereocenters. The van der Waals surface area contributed by atoms with Gasteiger partial charge in [0, 0.05) is 17.7 Å². The molecule has 2 heterocycles. The molecule has 0 spiro atoms. The Labute approximate surface area is 132 Å². The van der Waals surface area contributed by atoms with Gasteiger partial charge in [-0.25, -0.2) is 4.98 Å². The lowest BCUT2D eigenvalue weighted by atomic mass is 10.2.